The molecule has 1 nitrogen and oxygen atoms in total. The van der Waals surface area contributed by atoms with Crippen molar-refractivity contribution >= 4 is 0 Å². The predicted molar refractivity (Wildman–Crippen MR) is 81.9 cm³/mol. The molecule has 0 amide bonds. The highest BCUT2D eigenvalue weighted by molar-refractivity contribution is 5.02. The second kappa shape index (κ2) is 4.76. The van der Waals surface area contributed by atoms with Gasteiger partial charge in [-0.1, -0.05) is 27.2 Å². The van der Waals surface area contributed by atoms with Crippen LogP contribution in [0.25, 0.3) is 0 Å². The van der Waals surface area contributed by atoms with E-state index in [0.29, 0.717) is 16.9 Å². The minimum Gasteiger partial charge on any atom is -0.327 e. The van der Waals surface area contributed by atoms with Crippen molar-refractivity contribution in [3.63, 3.8) is 0 Å². The van der Waals surface area contributed by atoms with Gasteiger partial charge in [-0.2, -0.15) is 0 Å². The van der Waals surface area contributed by atoms with Gasteiger partial charge in [-0.05, 0) is 80.0 Å². The number of hydrogen-bond donors (Lipinski definition) is 1. The summed E-state index contributed by atoms with van der Waals surface area (Å²) in [5, 5.41) is 0. The smallest absolute Gasteiger partial charge is 0.00763 e. The lowest BCUT2D eigenvalue weighted by Crippen LogP contribution is -2.24. The maximum Gasteiger partial charge on any atom is 0.00763 e. The lowest BCUT2D eigenvalue weighted by Gasteiger charge is -2.32. The monoisotopic (exact) mass is 263 g/mol. The van der Waals surface area contributed by atoms with Crippen LogP contribution in [0.5, 0.6) is 0 Å². The molecule has 5 unspecified atom stereocenters. The third-order valence-electron chi connectivity index (χ3n) is 6.68. The average Bonchev–Trinajstić information content (AvgIpc) is 3.20. The lowest BCUT2D eigenvalue weighted by molar-refractivity contribution is 0.191. The Morgan fingerprint density at radius 3 is 2.11 bits per heavy atom. The van der Waals surface area contributed by atoms with Crippen molar-refractivity contribution < 1.29 is 0 Å². The molecule has 0 heterocycles. The van der Waals surface area contributed by atoms with E-state index in [2.05, 4.69) is 20.8 Å². The van der Waals surface area contributed by atoms with E-state index < -0.39 is 0 Å². The van der Waals surface area contributed by atoms with Gasteiger partial charge in [0.15, 0.2) is 0 Å². The summed E-state index contributed by atoms with van der Waals surface area (Å²) in [5.41, 5.74) is 7.31. The van der Waals surface area contributed by atoms with Crippen LogP contribution in [0, 0.1) is 28.6 Å². The Morgan fingerprint density at radius 1 is 0.842 bits per heavy atom. The van der Waals surface area contributed by atoms with Gasteiger partial charge in [0.05, 0.1) is 0 Å². The first kappa shape index (κ1) is 13.9. The van der Waals surface area contributed by atoms with E-state index in [0.717, 1.165) is 17.8 Å². The molecule has 110 valence electrons. The minimum absolute atomic E-state index is 0.526. The molecule has 0 bridgehead atoms. The van der Waals surface area contributed by atoms with Crippen molar-refractivity contribution in [2.24, 2.45) is 34.3 Å². The molecule has 0 aromatic carbocycles. The van der Waals surface area contributed by atoms with Crippen LogP contribution in [0.15, 0.2) is 0 Å². The Kier molecular flexibility index (Phi) is 3.48. The van der Waals surface area contributed by atoms with Gasteiger partial charge in [-0.3, -0.25) is 0 Å². The Balaban J connectivity index is 1.66. The molecule has 5 atom stereocenters. The molecule has 19 heavy (non-hydrogen) atoms. The van der Waals surface area contributed by atoms with Crippen molar-refractivity contribution in [3.05, 3.63) is 0 Å². The van der Waals surface area contributed by atoms with Gasteiger partial charge >= 0.3 is 0 Å². The zero-order chi connectivity index (χ0) is 13.7. The molecule has 0 saturated heterocycles. The molecule has 3 aliphatic carbocycles. The van der Waals surface area contributed by atoms with Crippen LogP contribution in [0.3, 0.4) is 0 Å². The standard InChI is InChI=1S/C18H33N/c1-17(2)7-4-8-18(3,15-12-16(15)19)10-6-14-11-13(14)5-9-17/h13-16H,4-12,19H2,1-3H3. The molecule has 0 spiro atoms. The maximum absolute atomic E-state index is 6.17. The van der Waals surface area contributed by atoms with Crippen LogP contribution in [-0.4, -0.2) is 6.04 Å². The van der Waals surface area contributed by atoms with Gasteiger partial charge in [0.1, 0.15) is 0 Å². The summed E-state index contributed by atoms with van der Waals surface area (Å²) in [4.78, 5) is 0. The fourth-order valence-electron chi connectivity index (χ4n) is 4.72. The van der Waals surface area contributed by atoms with E-state index >= 15 is 0 Å². The predicted octanol–water partition coefficient (Wildman–Crippen LogP) is 4.75. The van der Waals surface area contributed by atoms with E-state index in [9.17, 15) is 0 Å². The van der Waals surface area contributed by atoms with Crippen molar-refractivity contribution in [2.75, 3.05) is 0 Å². The molecule has 0 aliphatic heterocycles. The van der Waals surface area contributed by atoms with Crippen LogP contribution >= 0.6 is 0 Å². The maximum atomic E-state index is 6.17. The average molecular weight is 263 g/mol. The zero-order valence-electron chi connectivity index (χ0n) is 13.3. The molecule has 0 radical (unpaired) electrons. The Morgan fingerprint density at radius 2 is 1.47 bits per heavy atom. The number of fused-ring (bicyclic) bond motifs is 1. The first-order valence-corrected chi connectivity index (χ1v) is 8.65. The molecular formula is C18H33N. The quantitative estimate of drug-likeness (QED) is 0.726. The molecule has 3 fully saturated rings. The lowest BCUT2D eigenvalue weighted by atomic mass is 9.73. The Labute approximate surface area is 119 Å². The van der Waals surface area contributed by atoms with Crippen molar-refractivity contribution in [1.29, 1.82) is 0 Å². The Hall–Kier alpha value is -0.0400. The summed E-state index contributed by atoms with van der Waals surface area (Å²) in [7, 11) is 0. The minimum atomic E-state index is 0.526. The summed E-state index contributed by atoms with van der Waals surface area (Å²) in [6.07, 6.45) is 13.0. The highest BCUT2D eigenvalue weighted by Crippen LogP contribution is 2.55. The van der Waals surface area contributed by atoms with E-state index in [1.807, 2.05) is 0 Å². The van der Waals surface area contributed by atoms with Gasteiger partial charge in [0.2, 0.25) is 0 Å². The fourth-order valence-corrected chi connectivity index (χ4v) is 4.72. The molecule has 3 aliphatic rings. The molecule has 1 heteroatoms. The van der Waals surface area contributed by atoms with Gasteiger partial charge in [0.25, 0.3) is 0 Å². The van der Waals surface area contributed by atoms with E-state index in [-0.39, 0.29) is 0 Å². The summed E-state index contributed by atoms with van der Waals surface area (Å²) < 4.78 is 0. The second-order valence-electron chi connectivity index (χ2n) is 9.01. The first-order valence-electron chi connectivity index (χ1n) is 8.65. The second-order valence-corrected chi connectivity index (χ2v) is 9.01. The van der Waals surface area contributed by atoms with E-state index in [1.54, 1.807) is 0 Å². The van der Waals surface area contributed by atoms with Gasteiger partial charge < -0.3 is 5.73 Å². The molecule has 3 saturated carbocycles. The summed E-state index contributed by atoms with van der Waals surface area (Å²) in [6.45, 7) is 7.53. The topological polar surface area (TPSA) is 26.0 Å². The normalized spacial score (nSPS) is 49.9. The number of hydrogen-bond acceptors (Lipinski definition) is 1. The SMILES string of the molecule is CC1(C)CCCC(C)(C2CC2N)CCC2CC2CC1. The highest BCUT2D eigenvalue weighted by atomic mass is 14.8. The van der Waals surface area contributed by atoms with Crippen LogP contribution < -0.4 is 5.73 Å². The van der Waals surface area contributed by atoms with Gasteiger partial charge in [0, 0.05) is 6.04 Å². The molecule has 0 aromatic heterocycles. The van der Waals surface area contributed by atoms with Crippen molar-refractivity contribution in [2.45, 2.75) is 84.6 Å². The summed E-state index contributed by atoms with van der Waals surface area (Å²) >= 11 is 0. The number of rotatable bonds is 1. The summed E-state index contributed by atoms with van der Waals surface area (Å²) in [6, 6.07) is 0.526. The van der Waals surface area contributed by atoms with Crippen LogP contribution in [-0.2, 0) is 0 Å². The largest absolute Gasteiger partial charge is 0.327 e. The first-order chi connectivity index (χ1) is 8.90. The molecule has 2 N–H and O–H groups in total. The fraction of sp³-hybridized carbons (Fsp3) is 1.00. The summed E-state index contributed by atoms with van der Waals surface area (Å²) in [5.74, 6) is 2.99. The number of nitrogens with two attached hydrogens (primary N) is 1. The van der Waals surface area contributed by atoms with Crippen LogP contribution in [0.2, 0.25) is 0 Å². The van der Waals surface area contributed by atoms with E-state index in [4.69, 9.17) is 5.73 Å². The van der Waals surface area contributed by atoms with Gasteiger partial charge in [-0.25, -0.2) is 0 Å². The van der Waals surface area contributed by atoms with Crippen molar-refractivity contribution in [1.82, 2.24) is 0 Å². The van der Waals surface area contributed by atoms with Crippen molar-refractivity contribution in [3.8, 4) is 0 Å². The molecule has 0 aromatic rings. The van der Waals surface area contributed by atoms with Crippen LogP contribution in [0.4, 0.5) is 0 Å². The van der Waals surface area contributed by atoms with E-state index in [1.165, 1.54) is 57.8 Å². The highest BCUT2D eigenvalue weighted by Gasteiger charge is 2.49. The van der Waals surface area contributed by atoms with Gasteiger partial charge in [-0.15, -0.1) is 0 Å². The third kappa shape index (κ3) is 3.17. The molecule has 3 rings (SSSR count). The van der Waals surface area contributed by atoms with Crippen LogP contribution in [0.1, 0.15) is 78.6 Å². The molecular weight excluding hydrogens is 230 g/mol. The zero-order valence-corrected chi connectivity index (χ0v) is 13.3. The third-order valence-corrected chi connectivity index (χ3v) is 6.68. The Bertz CT molecular complexity index is 335.